The van der Waals surface area contributed by atoms with E-state index in [4.69, 9.17) is 4.52 Å². The van der Waals surface area contributed by atoms with Crippen molar-refractivity contribution >= 4 is 23.2 Å². The average molecular weight is 391 g/mol. The van der Waals surface area contributed by atoms with E-state index >= 15 is 0 Å². The number of hydrogen-bond donors (Lipinski definition) is 1. The Morgan fingerprint density at radius 1 is 1.41 bits per heavy atom. The highest BCUT2D eigenvalue weighted by molar-refractivity contribution is 7.10. The Morgan fingerprint density at radius 3 is 2.85 bits per heavy atom. The fraction of sp³-hybridized carbons (Fsp3) is 0.526. The first-order valence-electron chi connectivity index (χ1n) is 9.10. The Balaban J connectivity index is 1.66. The van der Waals surface area contributed by atoms with Crippen LogP contribution < -0.4 is 5.32 Å². The third-order valence-electron chi connectivity index (χ3n) is 5.12. The van der Waals surface area contributed by atoms with Crippen LogP contribution in [-0.2, 0) is 24.3 Å². The molecule has 0 saturated heterocycles. The van der Waals surface area contributed by atoms with Gasteiger partial charge in [-0.1, -0.05) is 5.16 Å². The second-order valence-electron chi connectivity index (χ2n) is 6.96. The van der Waals surface area contributed by atoms with Crippen molar-refractivity contribution in [3.63, 3.8) is 0 Å². The molecule has 2 amide bonds. The molecule has 0 bridgehead atoms. The minimum Gasteiger partial charge on any atom is -0.361 e. The predicted molar refractivity (Wildman–Crippen MR) is 104 cm³/mol. The lowest BCUT2D eigenvalue weighted by atomic mass is 10.0. The van der Waals surface area contributed by atoms with Crippen molar-refractivity contribution in [2.24, 2.45) is 0 Å². The average Bonchev–Trinajstić information content (AvgIpc) is 3.23. The molecule has 2 aromatic rings. The Hall–Kier alpha value is -2.19. The van der Waals surface area contributed by atoms with E-state index in [0.29, 0.717) is 13.0 Å². The number of aromatic nitrogens is 1. The summed E-state index contributed by atoms with van der Waals surface area (Å²) in [7, 11) is 3.36. The molecular formula is C19H26N4O3S. The van der Waals surface area contributed by atoms with Gasteiger partial charge in [0.1, 0.15) is 5.76 Å². The molecule has 0 spiro atoms. The third-order valence-corrected chi connectivity index (χ3v) is 6.13. The monoisotopic (exact) mass is 390 g/mol. The molecule has 0 fully saturated rings. The summed E-state index contributed by atoms with van der Waals surface area (Å²) < 4.78 is 5.26. The van der Waals surface area contributed by atoms with E-state index < -0.39 is 0 Å². The molecule has 1 aliphatic rings. The second kappa shape index (κ2) is 8.22. The predicted octanol–water partition coefficient (Wildman–Crippen LogP) is 2.12. The van der Waals surface area contributed by atoms with Crippen molar-refractivity contribution in [1.29, 1.82) is 0 Å². The zero-order valence-electron chi connectivity index (χ0n) is 16.3. The van der Waals surface area contributed by atoms with Gasteiger partial charge in [0.05, 0.1) is 11.3 Å². The van der Waals surface area contributed by atoms with E-state index in [9.17, 15) is 9.59 Å². The van der Waals surface area contributed by atoms with Crippen LogP contribution in [0.15, 0.2) is 9.90 Å². The number of carbonyl (C=O) groups excluding carboxylic acids is 2. The minimum atomic E-state index is -0.0584. The highest BCUT2D eigenvalue weighted by Crippen LogP contribution is 2.30. The lowest BCUT2D eigenvalue weighted by molar-refractivity contribution is -0.120. The summed E-state index contributed by atoms with van der Waals surface area (Å²) in [5.74, 6) is 0.811. The van der Waals surface area contributed by atoms with E-state index in [0.717, 1.165) is 54.2 Å². The molecule has 1 aliphatic heterocycles. The molecule has 0 radical (unpaired) electrons. The molecule has 146 valence electrons. The van der Waals surface area contributed by atoms with Crippen LogP contribution in [0.5, 0.6) is 0 Å². The van der Waals surface area contributed by atoms with Gasteiger partial charge in [0.15, 0.2) is 0 Å². The SMILES string of the molecule is CNC(=O)CCN(C)C(=O)c1csc2c1CCN(Cc1c(C)noc1C)C2. The van der Waals surface area contributed by atoms with E-state index in [2.05, 4.69) is 15.4 Å². The molecule has 0 saturated carbocycles. The molecule has 0 atom stereocenters. The lowest BCUT2D eigenvalue weighted by Gasteiger charge is -2.27. The number of nitrogens with zero attached hydrogens (tertiary/aromatic N) is 3. The van der Waals surface area contributed by atoms with Crippen molar-refractivity contribution in [2.45, 2.75) is 39.8 Å². The van der Waals surface area contributed by atoms with Gasteiger partial charge in [-0.15, -0.1) is 11.3 Å². The summed E-state index contributed by atoms with van der Waals surface area (Å²) in [6.45, 7) is 6.88. The van der Waals surface area contributed by atoms with Crippen LogP contribution in [0.25, 0.3) is 0 Å². The summed E-state index contributed by atoms with van der Waals surface area (Å²) in [5.41, 5.74) is 4.04. The number of rotatable bonds is 6. The molecule has 2 aromatic heterocycles. The number of fused-ring (bicyclic) bond motifs is 1. The van der Waals surface area contributed by atoms with E-state index in [1.807, 2.05) is 19.2 Å². The Bertz CT molecular complexity index is 823. The van der Waals surface area contributed by atoms with Crippen molar-refractivity contribution in [1.82, 2.24) is 20.3 Å². The van der Waals surface area contributed by atoms with Crippen LogP contribution in [0.4, 0.5) is 0 Å². The molecule has 1 N–H and O–H groups in total. The Kier molecular flexibility index (Phi) is 5.96. The standard InChI is InChI=1S/C19H26N4O3S/c1-12-15(13(2)26-21-12)9-23-8-5-14-16(11-27-17(14)10-23)19(25)22(4)7-6-18(24)20-3/h11H,5-10H2,1-4H3,(H,20,24). The van der Waals surface area contributed by atoms with Crippen LogP contribution in [0.2, 0.25) is 0 Å². The maximum Gasteiger partial charge on any atom is 0.254 e. The number of aryl methyl sites for hydroxylation is 2. The fourth-order valence-corrected chi connectivity index (χ4v) is 4.46. The molecule has 3 heterocycles. The third kappa shape index (κ3) is 4.22. The summed E-state index contributed by atoms with van der Waals surface area (Å²) >= 11 is 1.64. The van der Waals surface area contributed by atoms with Crippen LogP contribution in [-0.4, -0.2) is 54.0 Å². The molecule has 8 heteroatoms. The van der Waals surface area contributed by atoms with Gasteiger partial charge in [-0.2, -0.15) is 0 Å². The molecule has 0 unspecified atom stereocenters. The smallest absolute Gasteiger partial charge is 0.254 e. The molecule has 0 aliphatic carbocycles. The summed E-state index contributed by atoms with van der Waals surface area (Å²) in [5, 5.41) is 8.58. The highest BCUT2D eigenvalue weighted by Gasteiger charge is 2.26. The van der Waals surface area contributed by atoms with Gasteiger partial charge in [-0.25, -0.2) is 0 Å². The van der Waals surface area contributed by atoms with Crippen LogP contribution >= 0.6 is 11.3 Å². The molecule has 27 heavy (non-hydrogen) atoms. The largest absolute Gasteiger partial charge is 0.361 e. The number of nitrogens with one attached hydrogen (secondary N) is 1. The minimum absolute atomic E-state index is 0.00410. The first kappa shape index (κ1) is 19.6. The number of amides is 2. The topological polar surface area (TPSA) is 78.7 Å². The van der Waals surface area contributed by atoms with Crippen LogP contribution in [0.1, 0.15) is 44.2 Å². The molecule has 7 nitrogen and oxygen atoms in total. The quantitative estimate of drug-likeness (QED) is 0.817. The van der Waals surface area contributed by atoms with Crippen molar-refractivity contribution in [2.75, 3.05) is 27.2 Å². The zero-order chi connectivity index (χ0) is 19.6. The summed E-state index contributed by atoms with van der Waals surface area (Å²) in [6.07, 6.45) is 1.17. The lowest BCUT2D eigenvalue weighted by Crippen LogP contribution is -2.33. The maximum absolute atomic E-state index is 12.8. The molecular weight excluding hydrogens is 364 g/mol. The zero-order valence-corrected chi connectivity index (χ0v) is 17.1. The first-order valence-corrected chi connectivity index (χ1v) is 9.98. The molecule has 3 rings (SSSR count). The van der Waals surface area contributed by atoms with Gasteiger partial charge in [0, 0.05) is 62.5 Å². The van der Waals surface area contributed by atoms with Gasteiger partial charge in [-0.05, 0) is 25.8 Å². The van der Waals surface area contributed by atoms with E-state index in [1.54, 1.807) is 30.3 Å². The Morgan fingerprint density at radius 2 is 2.19 bits per heavy atom. The fourth-order valence-electron chi connectivity index (χ4n) is 3.35. The Labute approximate surface area is 163 Å². The number of thiophene rings is 1. The maximum atomic E-state index is 12.8. The van der Waals surface area contributed by atoms with Crippen molar-refractivity contribution < 1.29 is 14.1 Å². The van der Waals surface area contributed by atoms with Crippen LogP contribution in [0, 0.1) is 13.8 Å². The number of carbonyl (C=O) groups is 2. The normalized spacial score (nSPS) is 14.1. The van der Waals surface area contributed by atoms with E-state index in [-0.39, 0.29) is 11.8 Å². The van der Waals surface area contributed by atoms with Gasteiger partial charge in [0.2, 0.25) is 5.91 Å². The van der Waals surface area contributed by atoms with Gasteiger partial charge in [0.25, 0.3) is 5.91 Å². The van der Waals surface area contributed by atoms with Crippen LogP contribution in [0.3, 0.4) is 0 Å². The number of hydrogen-bond acceptors (Lipinski definition) is 6. The first-order chi connectivity index (χ1) is 12.9. The molecule has 0 aromatic carbocycles. The van der Waals surface area contributed by atoms with Crippen molar-refractivity contribution in [3.8, 4) is 0 Å². The van der Waals surface area contributed by atoms with Crippen molar-refractivity contribution in [3.05, 3.63) is 38.4 Å². The highest BCUT2D eigenvalue weighted by atomic mass is 32.1. The van der Waals surface area contributed by atoms with Gasteiger partial charge < -0.3 is 14.7 Å². The summed E-state index contributed by atoms with van der Waals surface area (Å²) in [6, 6.07) is 0. The summed E-state index contributed by atoms with van der Waals surface area (Å²) in [4.78, 5) is 29.4. The second-order valence-corrected chi connectivity index (χ2v) is 7.93. The van der Waals surface area contributed by atoms with E-state index in [1.165, 1.54) is 4.88 Å². The van der Waals surface area contributed by atoms with Gasteiger partial charge in [-0.3, -0.25) is 14.5 Å². The van der Waals surface area contributed by atoms with Gasteiger partial charge >= 0.3 is 0 Å².